The molecule has 2 rings (SSSR count). The van der Waals surface area contributed by atoms with Gasteiger partial charge in [-0.1, -0.05) is 0 Å². The van der Waals surface area contributed by atoms with Crippen molar-refractivity contribution in [2.75, 3.05) is 56.7 Å². The molecule has 0 aromatic heterocycles. The van der Waals surface area contributed by atoms with Crippen LogP contribution in [0.5, 0.6) is 0 Å². The second kappa shape index (κ2) is 11.8. The number of rotatable bonds is 6. The van der Waals surface area contributed by atoms with Crippen LogP contribution in [0.3, 0.4) is 0 Å². The molecule has 0 amide bonds. The van der Waals surface area contributed by atoms with Crippen LogP contribution in [0.4, 0.5) is 10.1 Å². The number of thioether (sulfide) groups is 1. The lowest BCUT2D eigenvalue weighted by atomic mass is 10.2. The Labute approximate surface area is 166 Å². The Bertz CT molecular complexity index is 490. The average molecular weight is 466 g/mol. The number of benzene rings is 1. The van der Waals surface area contributed by atoms with E-state index in [4.69, 9.17) is 0 Å². The summed E-state index contributed by atoms with van der Waals surface area (Å²) in [7, 11) is 1.84. The molecule has 4 nitrogen and oxygen atoms in total. The van der Waals surface area contributed by atoms with Crippen LogP contribution in [0, 0.1) is 5.82 Å². The maximum absolute atomic E-state index is 13.0. The van der Waals surface area contributed by atoms with Crippen molar-refractivity contribution in [3.8, 4) is 0 Å². The van der Waals surface area contributed by atoms with E-state index in [9.17, 15) is 4.39 Å². The molecule has 0 saturated carbocycles. The lowest BCUT2D eigenvalue weighted by Gasteiger charge is -2.37. The molecule has 0 radical (unpaired) electrons. The molecule has 136 valence electrons. The number of unbranched alkanes of at least 4 members (excludes halogenated alkanes) is 1. The highest BCUT2D eigenvalue weighted by molar-refractivity contribution is 14.0. The monoisotopic (exact) mass is 466 g/mol. The SMILES string of the molecule is CN=C(NCCCCSC)N1CCN(c2ccc(F)cc2)CC1.I. The van der Waals surface area contributed by atoms with Crippen molar-refractivity contribution in [1.82, 2.24) is 10.2 Å². The summed E-state index contributed by atoms with van der Waals surface area (Å²) in [6, 6.07) is 6.75. The number of hydrogen-bond donors (Lipinski definition) is 1. The Kier molecular flexibility index (Phi) is 10.5. The molecule has 0 atom stereocenters. The van der Waals surface area contributed by atoms with Gasteiger partial charge in [0.15, 0.2) is 5.96 Å². The van der Waals surface area contributed by atoms with Gasteiger partial charge in [-0.2, -0.15) is 11.8 Å². The smallest absolute Gasteiger partial charge is 0.193 e. The summed E-state index contributed by atoms with van der Waals surface area (Å²) >= 11 is 1.90. The zero-order valence-corrected chi connectivity index (χ0v) is 17.6. The van der Waals surface area contributed by atoms with E-state index in [1.807, 2.05) is 30.9 Å². The number of halogens is 2. The molecule has 1 fully saturated rings. The zero-order valence-electron chi connectivity index (χ0n) is 14.5. The Morgan fingerprint density at radius 1 is 1.17 bits per heavy atom. The fraction of sp³-hybridized carbons (Fsp3) is 0.588. The largest absolute Gasteiger partial charge is 0.368 e. The minimum Gasteiger partial charge on any atom is -0.368 e. The van der Waals surface area contributed by atoms with Crippen LogP contribution in [0.2, 0.25) is 0 Å². The van der Waals surface area contributed by atoms with Crippen molar-refractivity contribution < 1.29 is 4.39 Å². The molecular weight excluding hydrogens is 438 g/mol. The number of hydrogen-bond acceptors (Lipinski definition) is 3. The minimum absolute atomic E-state index is 0. The third-order valence-electron chi connectivity index (χ3n) is 4.04. The van der Waals surface area contributed by atoms with Gasteiger partial charge in [-0.3, -0.25) is 4.99 Å². The van der Waals surface area contributed by atoms with Crippen LogP contribution in [-0.4, -0.2) is 62.6 Å². The molecule has 0 spiro atoms. The highest BCUT2D eigenvalue weighted by Crippen LogP contribution is 2.16. The van der Waals surface area contributed by atoms with Crippen molar-refractivity contribution in [2.24, 2.45) is 4.99 Å². The Morgan fingerprint density at radius 2 is 1.83 bits per heavy atom. The average Bonchev–Trinajstić information content (AvgIpc) is 2.59. The summed E-state index contributed by atoms with van der Waals surface area (Å²) in [5.74, 6) is 2.03. The van der Waals surface area contributed by atoms with E-state index >= 15 is 0 Å². The highest BCUT2D eigenvalue weighted by atomic mass is 127. The third kappa shape index (κ3) is 6.66. The lowest BCUT2D eigenvalue weighted by molar-refractivity contribution is 0.372. The fourth-order valence-corrected chi connectivity index (χ4v) is 3.23. The van der Waals surface area contributed by atoms with Crippen molar-refractivity contribution in [1.29, 1.82) is 0 Å². The molecule has 24 heavy (non-hydrogen) atoms. The normalized spacial score (nSPS) is 15.2. The van der Waals surface area contributed by atoms with E-state index in [-0.39, 0.29) is 29.8 Å². The van der Waals surface area contributed by atoms with Gasteiger partial charge in [0.05, 0.1) is 0 Å². The van der Waals surface area contributed by atoms with Crippen LogP contribution < -0.4 is 10.2 Å². The number of nitrogens with zero attached hydrogens (tertiary/aromatic N) is 3. The minimum atomic E-state index is -0.182. The van der Waals surface area contributed by atoms with E-state index < -0.39 is 0 Å². The van der Waals surface area contributed by atoms with Crippen LogP contribution in [0.15, 0.2) is 29.3 Å². The number of nitrogens with one attached hydrogen (secondary N) is 1. The van der Waals surface area contributed by atoms with Crippen molar-refractivity contribution >= 4 is 47.4 Å². The molecule has 1 aromatic rings. The molecule has 1 aliphatic heterocycles. The van der Waals surface area contributed by atoms with Gasteiger partial charge in [-0.05, 0) is 49.1 Å². The lowest BCUT2D eigenvalue weighted by Crippen LogP contribution is -2.52. The second-order valence-corrected chi connectivity index (χ2v) is 6.61. The standard InChI is InChI=1S/C17H27FN4S.HI/c1-19-17(20-9-3-4-14-23-2)22-12-10-21(11-13-22)16-7-5-15(18)6-8-16;/h5-8H,3-4,9-14H2,1-2H3,(H,19,20);1H. The van der Waals surface area contributed by atoms with Crippen molar-refractivity contribution in [3.05, 3.63) is 30.1 Å². The maximum Gasteiger partial charge on any atom is 0.193 e. The number of guanidine groups is 1. The summed E-state index contributed by atoms with van der Waals surface area (Å²) in [4.78, 5) is 8.99. The zero-order chi connectivity index (χ0) is 16.5. The number of piperazine rings is 1. The molecule has 0 bridgehead atoms. The molecule has 7 heteroatoms. The summed E-state index contributed by atoms with van der Waals surface area (Å²) in [5.41, 5.74) is 1.09. The first-order valence-electron chi connectivity index (χ1n) is 8.19. The quantitative estimate of drug-likeness (QED) is 0.302. The Balaban J connectivity index is 0.00000288. The molecule has 0 aliphatic carbocycles. The van der Waals surface area contributed by atoms with Crippen LogP contribution in [-0.2, 0) is 0 Å². The summed E-state index contributed by atoms with van der Waals surface area (Å²) in [6.07, 6.45) is 4.56. The molecule has 1 aliphatic rings. The third-order valence-corrected chi connectivity index (χ3v) is 4.74. The van der Waals surface area contributed by atoms with E-state index in [1.165, 1.54) is 30.7 Å². The molecule has 0 unspecified atom stereocenters. The molecule has 1 N–H and O–H groups in total. The summed E-state index contributed by atoms with van der Waals surface area (Å²) < 4.78 is 13.0. The molecule has 1 aromatic carbocycles. The number of anilines is 1. The molecular formula is C17H28FIN4S. The van der Waals surface area contributed by atoms with E-state index in [0.29, 0.717) is 0 Å². The first kappa shape index (κ1) is 21.3. The van der Waals surface area contributed by atoms with Crippen LogP contribution in [0.1, 0.15) is 12.8 Å². The van der Waals surface area contributed by atoms with Gasteiger partial charge in [0.1, 0.15) is 5.82 Å². The first-order valence-corrected chi connectivity index (χ1v) is 9.59. The molecule has 1 heterocycles. The highest BCUT2D eigenvalue weighted by Gasteiger charge is 2.19. The summed E-state index contributed by atoms with van der Waals surface area (Å²) in [5, 5.41) is 3.46. The maximum atomic E-state index is 13.0. The van der Waals surface area contributed by atoms with E-state index in [0.717, 1.165) is 44.4 Å². The van der Waals surface area contributed by atoms with Crippen LogP contribution in [0.25, 0.3) is 0 Å². The predicted molar refractivity (Wildman–Crippen MR) is 115 cm³/mol. The topological polar surface area (TPSA) is 30.9 Å². The Morgan fingerprint density at radius 3 is 2.42 bits per heavy atom. The van der Waals surface area contributed by atoms with Gasteiger partial charge in [0, 0.05) is 45.5 Å². The van der Waals surface area contributed by atoms with Gasteiger partial charge in [-0.15, -0.1) is 24.0 Å². The van der Waals surface area contributed by atoms with E-state index in [1.54, 1.807) is 0 Å². The van der Waals surface area contributed by atoms with Crippen molar-refractivity contribution in [3.63, 3.8) is 0 Å². The van der Waals surface area contributed by atoms with E-state index in [2.05, 4.69) is 26.4 Å². The van der Waals surface area contributed by atoms with Crippen LogP contribution >= 0.6 is 35.7 Å². The van der Waals surface area contributed by atoms with Gasteiger partial charge in [0.2, 0.25) is 0 Å². The second-order valence-electron chi connectivity index (χ2n) is 5.62. The Hall–Kier alpha value is -0.700. The van der Waals surface area contributed by atoms with Gasteiger partial charge in [-0.25, -0.2) is 4.39 Å². The first-order chi connectivity index (χ1) is 11.2. The van der Waals surface area contributed by atoms with Gasteiger partial charge in [0.25, 0.3) is 0 Å². The predicted octanol–water partition coefficient (Wildman–Crippen LogP) is 3.28. The fourth-order valence-electron chi connectivity index (χ4n) is 2.73. The molecule has 1 saturated heterocycles. The van der Waals surface area contributed by atoms with Gasteiger partial charge < -0.3 is 15.1 Å². The number of aliphatic imine (C=N–C) groups is 1. The van der Waals surface area contributed by atoms with Crippen molar-refractivity contribution in [2.45, 2.75) is 12.8 Å². The van der Waals surface area contributed by atoms with Gasteiger partial charge >= 0.3 is 0 Å². The summed E-state index contributed by atoms with van der Waals surface area (Å²) in [6.45, 7) is 4.70.